The van der Waals surface area contributed by atoms with E-state index in [1.165, 1.54) is 0 Å². The first-order chi connectivity index (χ1) is 13.8. The second-order valence-electron chi connectivity index (χ2n) is 7.56. The van der Waals surface area contributed by atoms with Crippen LogP contribution >= 0.6 is 12.2 Å². The van der Waals surface area contributed by atoms with Crippen molar-refractivity contribution in [2.45, 2.75) is 46.1 Å². The van der Waals surface area contributed by atoms with Crippen LogP contribution < -0.4 is 10.6 Å². The summed E-state index contributed by atoms with van der Waals surface area (Å²) in [6, 6.07) is 6.84. The summed E-state index contributed by atoms with van der Waals surface area (Å²) in [5.41, 5.74) is 1.93. The Labute approximate surface area is 177 Å². The predicted octanol–water partition coefficient (Wildman–Crippen LogP) is 1.72. The van der Waals surface area contributed by atoms with Gasteiger partial charge >= 0.3 is 5.97 Å². The number of esters is 1. The third-order valence-electron chi connectivity index (χ3n) is 4.77. The van der Waals surface area contributed by atoms with Gasteiger partial charge in [0.05, 0.1) is 19.4 Å². The van der Waals surface area contributed by atoms with Crippen LogP contribution in [0.3, 0.4) is 0 Å². The molecule has 8 heteroatoms. The van der Waals surface area contributed by atoms with Crippen LogP contribution in [-0.2, 0) is 25.5 Å². The number of piperazine rings is 1. The summed E-state index contributed by atoms with van der Waals surface area (Å²) in [5.74, 6) is -0.582. The highest BCUT2D eigenvalue weighted by Gasteiger charge is 2.34. The maximum Gasteiger partial charge on any atom is 0.308 e. The Morgan fingerprint density at radius 1 is 1.34 bits per heavy atom. The van der Waals surface area contributed by atoms with Crippen LogP contribution in [0.15, 0.2) is 24.3 Å². The van der Waals surface area contributed by atoms with Crippen molar-refractivity contribution in [1.29, 1.82) is 0 Å². The maximum absolute atomic E-state index is 12.4. The zero-order valence-corrected chi connectivity index (χ0v) is 18.0. The van der Waals surface area contributed by atoms with Crippen LogP contribution in [0, 0.1) is 12.8 Å². The van der Waals surface area contributed by atoms with E-state index < -0.39 is 12.0 Å². The second kappa shape index (κ2) is 10.9. The zero-order chi connectivity index (χ0) is 21.4. The highest BCUT2D eigenvalue weighted by atomic mass is 32.1. The summed E-state index contributed by atoms with van der Waals surface area (Å²) < 4.78 is 5.23. The molecule has 7 nitrogen and oxygen atoms in total. The number of hydrogen-bond donors (Lipinski definition) is 2. The number of amides is 2. The Morgan fingerprint density at radius 3 is 2.76 bits per heavy atom. The second-order valence-corrected chi connectivity index (χ2v) is 7.95. The van der Waals surface area contributed by atoms with E-state index in [-0.39, 0.29) is 29.8 Å². The maximum atomic E-state index is 12.4. The van der Waals surface area contributed by atoms with E-state index in [1.807, 2.05) is 45.0 Å². The van der Waals surface area contributed by atoms with Crippen molar-refractivity contribution in [1.82, 2.24) is 15.5 Å². The molecular formula is C21H29N3O4S. The van der Waals surface area contributed by atoms with Crippen LogP contribution in [0.5, 0.6) is 0 Å². The largest absolute Gasteiger partial charge is 0.466 e. The first-order valence-electron chi connectivity index (χ1n) is 9.86. The van der Waals surface area contributed by atoms with Gasteiger partial charge in [-0.25, -0.2) is 0 Å². The Balaban J connectivity index is 1.95. The summed E-state index contributed by atoms with van der Waals surface area (Å²) in [4.78, 5) is 38.5. The summed E-state index contributed by atoms with van der Waals surface area (Å²) in [6.45, 7) is 7.16. The van der Waals surface area contributed by atoms with E-state index >= 15 is 0 Å². The average molecular weight is 420 g/mol. The smallest absolute Gasteiger partial charge is 0.308 e. The molecule has 2 rings (SSSR count). The SMILES string of the molecule is Cc1ccccc1CC(=O)NC(=S)N1CCNC(=O)C1CC(=O)OCCC(C)C. The molecule has 1 fully saturated rings. The number of nitrogens with zero attached hydrogens (tertiary/aromatic N) is 1. The third kappa shape index (κ3) is 7.12. The van der Waals surface area contributed by atoms with Crippen LogP contribution in [0.1, 0.15) is 37.8 Å². The van der Waals surface area contributed by atoms with Gasteiger partial charge in [-0.1, -0.05) is 38.1 Å². The molecule has 1 aromatic rings. The standard InChI is InChI=1S/C21H29N3O4S/c1-14(2)8-11-28-19(26)13-17-20(27)22-9-10-24(17)21(29)23-18(25)12-16-7-5-4-6-15(16)3/h4-7,14,17H,8-13H2,1-3H3,(H,22,27)(H,23,25,29). The summed E-state index contributed by atoms with van der Waals surface area (Å²) in [5, 5.41) is 5.58. The lowest BCUT2D eigenvalue weighted by atomic mass is 10.1. The first kappa shape index (κ1) is 22.8. The molecule has 1 atom stereocenters. The topological polar surface area (TPSA) is 87.7 Å². The fourth-order valence-corrected chi connectivity index (χ4v) is 3.34. The number of aryl methyl sites for hydroxylation is 1. The Hall–Kier alpha value is -2.48. The van der Waals surface area contributed by atoms with Gasteiger partial charge in [-0.15, -0.1) is 0 Å². The van der Waals surface area contributed by atoms with Crippen molar-refractivity contribution < 1.29 is 19.1 Å². The van der Waals surface area contributed by atoms with E-state index in [4.69, 9.17) is 17.0 Å². The third-order valence-corrected chi connectivity index (χ3v) is 5.11. The summed E-state index contributed by atoms with van der Waals surface area (Å²) >= 11 is 5.37. The molecule has 29 heavy (non-hydrogen) atoms. The minimum Gasteiger partial charge on any atom is -0.466 e. The van der Waals surface area contributed by atoms with Crippen LogP contribution in [0.25, 0.3) is 0 Å². The number of ether oxygens (including phenoxy) is 1. The first-order valence-corrected chi connectivity index (χ1v) is 10.3. The van der Waals surface area contributed by atoms with Gasteiger partial charge < -0.3 is 20.3 Å². The molecule has 1 aliphatic heterocycles. The molecule has 0 radical (unpaired) electrons. The van der Waals surface area contributed by atoms with E-state index in [2.05, 4.69) is 10.6 Å². The molecule has 1 saturated heterocycles. The molecule has 1 aliphatic rings. The van der Waals surface area contributed by atoms with E-state index in [0.29, 0.717) is 25.6 Å². The summed E-state index contributed by atoms with van der Waals surface area (Å²) in [6.07, 6.45) is 0.839. The molecule has 158 valence electrons. The Bertz CT molecular complexity index is 766. The van der Waals surface area contributed by atoms with E-state index in [9.17, 15) is 14.4 Å². The number of nitrogens with one attached hydrogen (secondary N) is 2. The van der Waals surface area contributed by atoms with Crippen molar-refractivity contribution >= 4 is 35.1 Å². The minimum absolute atomic E-state index is 0.113. The van der Waals surface area contributed by atoms with Crippen LogP contribution in [0.2, 0.25) is 0 Å². The van der Waals surface area contributed by atoms with Gasteiger partial charge in [0.2, 0.25) is 11.8 Å². The van der Waals surface area contributed by atoms with Gasteiger partial charge in [-0.2, -0.15) is 0 Å². The lowest BCUT2D eigenvalue weighted by molar-refractivity contribution is -0.147. The van der Waals surface area contributed by atoms with Gasteiger partial charge in [0.1, 0.15) is 6.04 Å². The molecule has 0 spiro atoms. The monoisotopic (exact) mass is 419 g/mol. The highest BCUT2D eigenvalue weighted by molar-refractivity contribution is 7.80. The quantitative estimate of drug-likeness (QED) is 0.517. The fourth-order valence-electron chi connectivity index (χ4n) is 3.00. The molecule has 0 aliphatic carbocycles. The minimum atomic E-state index is -0.790. The molecule has 0 aromatic heterocycles. The van der Waals surface area contributed by atoms with Gasteiger partial charge in [-0.3, -0.25) is 14.4 Å². The lowest BCUT2D eigenvalue weighted by Gasteiger charge is -2.36. The molecule has 0 saturated carbocycles. The van der Waals surface area contributed by atoms with Gasteiger partial charge in [-0.05, 0) is 42.6 Å². The zero-order valence-electron chi connectivity index (χ0n) is 17.2. The van der Waals surface area contributed by atoms with Crippen LogP contribution in [-0.4, -0.2) is 53.5 Å². The van der Waals surface area contributed by atoms with Crippen molar-refractivity contribution in [3.05, 3.63) is 35.4 Å². The number of rotatable bonds is 7. The highest BCUT2D eigenvalue weighted by Crippen LogP contribution is 2.12. The van der Waals surface area contributed by atoms with E-state index in [1.54, 1.807) is 4.90 Å². The molecular weight excluding hydrogens is 390 g/mol. The van der Waals surface area contributed by atoms with Gasteiger partial charge in [0.25, 0.3) is 0 Å². The number of hydrogen-bond acceptors (Lipinski definition) is 5. The molecule has 2 amide bonds. The van der Waals surface area contributed by atoms with Crippen LogP contribution in [0.4, 0.5) is 0 Å². The average Bonchev–Trinajstić information content (AvgIpc) is 2.64. The van der Waals surface area contributed by atoms with Crippen molar-refractivity contribution in [2.75, 3.05) is 19.7 Å². The van der Waals surface area contributed by atoms with Crippen molar-refractivity contribution in [3.8, 4) is 0 Å². The number of thiocarbonyl (C=S) groups is 1. The Morgan fingerprint density at radius 2 is 2.07 bits per heavy atom. The van der Waals surface area contributed by atoms with Gasteiger partial charge in [0, 0.05) is 13.1 Å². The molecule has 1 unspecified atom stereocenters. The number of carbonyl (C=O) groups is 3. The Kier molecular flexibility index (Phi) is 8.57. The summed E-state index contributed by atoms with van der Waals surface area (Å²) in [7, 11) is 0. The number of benzene rings is 1. The number of carbonyl (C=O) groups excluding carboxylic acids is 3. The fraction of sp³-hybridized carbons (Fsp3) is 0.524. The van der Waals surface area contributed by atoms with Crippen molar-refractivity contribution in [3.63, 3.8) is 0 Å². The predicted molar refractivity (Wildman–Crippen MR) is 114 cm³/mol. The van der Waals surface area contributed by atoms with Gasteiger partial charge in [0.15, 0.2) is 5.11 Å². The van der Waals surface area contributed by atoms with E-state index in [0.717, 1.165) is 17.5 Å². The molecule has 0 bridgehead atoms. The molecule has 2 N–H and O–H groups in total. The normalized spacial score (nSPS) is 16.3. The molecule has 1 aromatic carbocycles. The van der Waals surface area contributed by atoms with Crippen molar-refractivity contribution in [2.24, 2.45) is 5.92 Å². The molecule has 1 heterocycles. The lowest BCUT2D eigenvalue weighted by Crippen LogP contribution is -2.60.